The zero-order chi connectivity index (χ0) is 18.9. The number of Topliss-reactive ketones (excluding diaryl/α,β-unsaturated/α-hetero) is 1. The molecule has 0 unspecified atom stereocenters. The highest BCUT2D eigenvalue weighted by Gasteiger charge is 2.43. The van der Waals surface area contributed by atoms with E-state index in [4.69, 9.17) is 9.47 Å². The van der Waals surface area contributed by atoms with Crippen LogP contribution in [0.2, 0.25) is 0 Å². The van der Waals surface area contributed by atoms with Crippen LogP contribution in [0.15, 0.2) is 48.5 Å². The highest BCUT2D eigenvalue weighted by Crippen LogP contribution is 2.40. The van der Waals surface area contributed by atoms with Gasteiger partial charge in [0.25, 0.3) is 0 Å². The number of methoxy groups -OCH3 is 1. The van der Waals surface area contributed by atoms with Crippen LogP contribution in [0.5, 0.6) is 11.5 Å². The van der Waals surface area contributed by atoms with Gasteiger partial charge < -0.3 is 14.4 Å². The number of hydrogen-bond donors (Lipinski definition) is 0. The molecule has 0 saturated carbocycles. The Morgan fingerprint density at radius 2 is 1.89 bits per heavy atom. The number of ketones is 1. The second kappa shape index (κ2) is 7.06. The summed E-state index contributed by atoms with van der Waals surface area (Å²) in [6.45, 7) is 1.22. The molecule has 5 heteroatoms. The normalized spacial score (nSPS) is 18.0. The molecule has 1 spiro atoms. The maximum absolute atomic E-state index is 12.6. The summed E-state index contributed by atoms with van der Waals surface area (Å²) in [5.41, 5.74) is 1.12. The van der Waals surface area contributed by atoms with Gasteiger partial charge in [0.05, 0.1) is 25.5 Å². The van der Waals surface area contributed by atoms with Crippen LogP contribution in [0.4, 0.5) is 0 Å². The van der Waals surface area contributed by atoms with Crippen LogP contribution in [-0.4, -0.2) is 42.4 Å². The minimum absolute atomic E-state index is 0.1000. The van der Waals surface area contributed by atoms with E-state index >= 15 is 0 Å². The predicted molar refractivity (Wildman–Crippen MR) is 101 cm³/mol. The summed E-state index contributed by atoms with van der Waals surface area (Å²) < 4.78 is 11.5. The third-order valence-corrected chi connectivity index (χ3v) is 5.52. The molecule has 4 rings (SSSR count). The van der Waals surface area contributed by atoms with Gasteiger partial charge in [0.1, 0.15) is 17.1 Å². The van der Waals surface area contributed by atoms with Crippen molar-refractivity contribution in [2.75, 3.05) is 20.2 Å². The summed E-state index contributed by atoms with van der Waals surface area (Å²) in [6, 6.07) is 15.1. The van der Waals surface area contributed by atoms with E-state index in [1.165, 1.54) is 0 Å². The van der Waals surface area contributed by atoms with Crippen molar-refractivity contribution in [2.45, 2.75) is 31.3 Å². The number of likely N-dealkylation sites (tertiary alicyclic amines) is 1. The number of piperidine rings is 1. The number of nitrogens with zero attached hydrogens (tertiary/aromatic N) is 1. The van der Waals surface area contributed by atoms with Crippen molar-refractivity contribution in [3.05, 3.63) is 59.7 Å². The Bertz CT molecular complexity index is 854. The number of carbonyl (C=O) groups is 2. The Hall–Kier alpha value is -2.82. The molecule has 0 aromatic heterocycles. The number of carbonyl (C=O) groups excluding carboxylic acids is 2. The molecule has 0 N–H and O–H groups in total. The van der Waals surface area contributed by atoms with Gasteiger partial charge in [0, 0.05) is 32.0 Å². The molecule has 0 aliphatic carbocycles. The number of benzene rings is 2. The monoisotopic (exact) mass is 365 g/mol. The van der Waals surface area contributed by atoms with Crippen LogP contribution in [0.3, 0.4) is 0 Å². The summed E-state index contributed by atoms with van der Waals surface area (Å²) in [5, 5.41) is 0. The van der Waals surface area contributed by atoms with Gasteiger partial charge in [-0.2, -0.15) is 0 Å². The Balaban J connectivity index is 1.44. The molecule has 2 aromatic rings. The van der Waals surface area contributed by atoms with Gasteiger partial charge >= 0.3 is 0 Å². The first-order chi connectivity index (χ1) is 13.1. The van der Waals surface area contributed by atoms with Gasteiger partial charge in [-0.3, -0.25) is 9.59 Å². The van der Waals surface area contributed by atoms with E-state index in [0.29, 0.717) is 55.8 Å². The van der Waals surface area contributed by atoms with Crippen LogP contribution in [0.1, 0.15) is 35.2 Å². The van der Waals surface area contributed by atoms with Crippen molar-refractivity contribution in [1.29, 1.82) is 0 Å². The maximum Gasteiger partial charge on any atom is 0.226 e. The van der Waals surface area contributed by atoms with Gasteiger partial charge in [-0.1, -0.05) is 30.3 Å². The zero-order valence-electron chi connectivity index (χ0n) is 15.4. The molecule has 2 heterocycles. The lowest BCUT2D eigenvalue weighted by Gasteiger charge is -2.44. The number of ether oxygens (including phenoxy) is 2. The second-order valence-electron chi connectivity index (χ2n) is 7.29. The lowest BCUT2D eigenvalue weighted by molar-refractivity contribution is -0.134. The molecule has 2 aromatic carbocycles. The predicted octanol–water partition coefficient (Wildman–Crippen LogP) is 3.26. The Labute approximate surface area is 158 Å². The molecule has 1 amide bonds. The van der Waals surface area contributed by atoms with Crippen molar-refractivity contribution in [1.82, 2.24) is 4.90 Å². The van der Waals surface area contributed by atoms with Crippen LogP contribution in [-0.2, 0) is 11.2 Å². The topological polar surface area (TPSA) is 55.8 Å². The molecule has 140 valence electrons. The molecule has 0 bridgehead atoms. The van der Waals surface area contributed by atoms with Crippen molar-refractivity contribution < 1.29 is 19.1 Å². The zero-order valence-corrected chi connectivity index (χ0v) is 15.4. The quantitative estimate of drug-likeness (QED) is 0.838. The Kier molecular flexibility index (Phi) is 4.60. The van der Waals surface area contributed by atoms with Gasteiger partial charge in [-0.15, -0.1) is 0 Å². The van der Waals surface area contributed by atoms with Crippen molar-refractivity contribution in [3.63, 3.8) is 0 Å². The molecule has 1 fully saturated rings. The van der Waals surface area contributed by atoms with Gasteiger partial charge in [-0.05, 0) is 17.7 Å². The van der Waals surface area contributed by atoms with E-state index in [9.17, 15) is 9.59 Å². The van der Waals surface area contributed by atoms with E-state index in [0.717, 1.165) is 5.56 Å². The second-order valence-corrected chi connectivity index (χ2v) is 7.29. The number of hydrogen-bond acceptors (Lipinski definition) is 4. The first-order valence-corrected chi connectivity index (χ1v) is 9.30. The third kappa shape index (κ3) is 3.54. The Morgan fingerprint density at radius 1 is 1.15 bits per heavy atom. The molecule has 0 radical (unpaired) electrons. The fourth-order valence-corrected chi connectivity index (χ4v) is 3.93. The summed E-state index contributed by atoms with van der Waals surface area (Å²) in [5.74, 6) is 1.49. The third-order valence-electron chi connectivity index (χ3n) is 5.52. The smallest absolute Gasteiger partial charge is 0.226 e. The molecule has 2 aliphatic heterocycles. The summed E-state index contributed by atoms with van der Waals surface area (Å²) in [7, 11) is 1.60. The lowest BCUT2D eigenvalue weighted by Crippen LogP contribution is -2.52. The SMILES string of the molecule is COc1ccc2c(c1)OC1(CCN(C(=O)Cc3ccccc3)CC1)CC2=O. The number of amides is 1. The average Bonchev–Trinajstić information content (AvgIpc) is 2.68. The van der Waals surface area contributed by atoms with E-state index in [2.05, 4.69) is 0 Å². The molecule has 1 saturated heterocycles. The molecule has 2 aliphatic rings. The van der Waals surface area contributed by atoms with E-state index < -0.39 is 5.60 Å². The maximum atomic E-state index is 12.6. The largest absolute Gasteiger partial charge is 0.497 e. The van der Waals surface area contributed by atoms with Crippen LogP contribution < -0.4 is 9.47 Å². The first-order valence-electron chi connectivity index (χ1n) is 9.30. The number of rotatable bonds is 3. The lowest BCUT2D eigenvalue weighted by atomic mass is 9.82. The fourth-order valence-electron chi connectivity index (χ4n) is 3.93. The number of fused-ring (bicyclic) bond motifs is 1. The van der Waals surface area contributed by atoms with Gasteiger partial charge in [-0.25, -0.2) is 0 Å². The standard InChI is InChI=1S/C22H23NO4/c1-26-17-7-8-18-19(24)15-22(27-20(18)14-17)9-11-23(12-10-22)21(25)13-16-5-3-2-4-6-16/h2-8,14H,9-13,15H2,1H3. The van der Waals surface area contributed by atoms with Crippen molar-refractivity contribution in [2.24, 2.45) is 0 Å². The van der Waals surface area contributed by atoms with E-state index in [1.54, 1.807) is 25.3 Å². The highest BCUT2D eigenvalue weighted by molar-refractivity contribution is 6.00. The molecular weight excluding hydrogens is 342 g/mol. The molecule has 0 atom stereocenters. The van der Waals surface area contributed by atoms with Gasteiger partial charge in [0.15, 0.2) is 5.78 Å². The molecule has 27 heavy (non-hydrogen) atoms. The molecular formula is C22H23NO4. The average molecular weight is 365 g/mol. The van der Waals surface area contributed by atoms with Crippen molar-refractivity contribution >= 4 is 11.7 Å². The van der Waals surface area contributed by atoms with Crippen LogP contribution >= 0.6 is 0 Å². The van der Waals surface area contributed by atoms with Crippen LogP contribution in [0, 0.1) is 0 Å². The molecule has 5 nitrogen and oxygen atoms in total. The van der Waals surface area contributed by atoms with Crippen molar-refractivity contribution in [3.8, 4) is 11.5 Å². The summed E-state index contributed by atoms with van der Waals surface area (Å²) >= 11 is 0. The minimum atomic E-state index is -0.514. The Morgan fingerprint density at radius 3 is 2.59 bits per heavy atom. The highest BCUT2D eigenvalue weighted by atomic mass is 16.5. The summed E-state index contributed by atoms with van der Waals surface area (Å²) in [6.07, 6.45) is 2.10. The van der Waals surface area contributed by atoms with E-state index in [1.807, 2.05) is 35.2 Å². The fraction of sp³-hybridized carbons (Fsp3) is 0.364. The van der Waals surface area contributed by atoms with E-state index in [-0.39, 0.29) is 11.7 Å². The van der Waals surface area contributed by atoms with Gasteiger partial charge in [0.2, 0.25) is 5.91 Å². The minimum Gasteiger partial charge on any atom is -0.497 e. The summed E-state index contributed by atoms with van der Waals surface area (Å²) in [4.78, 5) is 27.1. The van der Waals surface area contributed by atoms with Crippen LogP contribution in [0.25, 0.3) is 0 Å². The first kappa shape index (κ1) is 17.6.